The van der Waals surface area contributed by atoms with Crippen molar-refractivity contribution < 1.29 is 14.2 Å². The van der Waals surface area contributed by atoms with Crippen LogP contribution < -0.4 is 14.8 Å². The van der Waals surface area contributed by atoms with Crippen LogP contribution in [-0.2, 0) is 4.74 Å². The molecular weight excluding hydrogens is 242 g/mol. The van der Waals surface area contributed by atoms with Crippen molar-refractivity contribution in [1.82, 2.24) is 5.32 Å². The number of hydrogen-bond acceptors (Lipinski definition) is 4. The van der Waals surface area contributed by atoms with Gasteiger partial charge in [0.1, 0.15) is 11.5 Å². The Hall–Kier alpha value is -1.26. The number of methoxy groups -OCH3 is 3. The van der Waals surface area contributed by atoms with E-state index >= 15 is 0 Å². The molecule has 0 heterocycles. The lowest BCUT2D eigenvalue weighted by molar-refractivity contribution is 0.159. The summed E-state index contributed by atoms with van der Waals surface area (Å²) in [6, 6.07) is 6.35. The highest BCUT2D eigenvalue weighted by atomic mass is 16.5. The third-order valence-electron chi connectivity index (χ3n) is 3.25. The second-order valence-corrected chi connectivity index (χ2v) is 4.56. The molecule has 1 aromatic rings. The monoisotopic (exact) mass is 267 g/mol. The average molecular weight is 267 g/mol. The van der Waals surface area contributed by atoms with Crippen molar-refractivity contribution in [3.05, 3.63) is 23.8 Å². The van der Waals surface area contributed by atoms with Gasteiger partial charge in [-0.05, 0) is 31.5 Å². The van der Waals surface area contributed by atoms with Crippen LogP contribution in [0.3, 0.4) is 0 Å². The minimum atomic E-state index is 0.171. The molecule has 108 valence electrons. The Labute approximate surface area is 116 Å². The van der Waals surface area contributed by atoms with Crippen LogP contribution in [0.4, 0.5) is 0 Å². The summed E-state index contributed by atoms with van der Waals surface area (Å²) in [5.74, 6) is 1.71. The van der Waals surface area contributed by atoms with Gasteiger partial charge in [0.15, 0.2) is 0 Å². The maximum absolute atomic E-state index is 5.41. The van der Waals surface area contributed by atoms with E-state index in [1.54, 1.807) is 21.3 Å². The van der Waals surface area contributed by atoms with Crippen LogP contribution in [-0.4, -0.2) is 34.0 Å². The summed E-state index contributed by atoms with van der Waals surface area (Å²) in [7, 11) is 5.08. The molecule has 0 aliphatic carbocycles. The average Bonchev–Trinajstić information content (AvgIpc) is 2.45. The molecule has 0 aliphatic heterocycles. The predicted molar refractivity (Wildman–Crippen MR) is 77.1 cm³/mol. The number of ether oxygens (including phenoxy) is 3. The number of nitrogens with one attached hydrogen (secondary N) is 1. The highest BCUT2D eigenvalue weighted by Crippen LogP contribution is 2.29. The van der Waals surface area contributed by atoms with E-state index in [2.05, 4.69) is 19.2 Å². The van der Waals surface area contributed by atoms with Gasteiger partial charge in [-0.1, -0.05) is 6.92 Å². The van der Waals surface area contributed by atoms with Crippen molar-refractivity contribution in [2.24, 2.45) is 0 Å². The Morgan fingerprint density at radius 3 is 2.42 bits per heavy atom. The largest absolute Gasteiger partial charge is 0.497 e. The third-order valence-corrected chi connectivity index (χ3v) is 3.25. The fourth-order valence-corrected chi connectivity index (χ4v) is 2.11. The van der Waals surface area contributed by atoms with Crippen molar-refractivity contribution >= 4 is 0 Å². The van der Waals surface area contributed by atoms with E-state index in [1.807, 2.05) is 18.2 Å². The summed E-state index contributed by atoms with van der Waals surface area (Å²) < 4.78 is 15.9. The first-order chi connectivity index (χ1) is 9.15. The molecule has 0 aromatic heterocycles. The van der Waals surface area contributed by atoms with Crippen molar-refractivity contribution in [2.75, 3.05) is 27.9 Å². The van der Waals surface area contributed by atoms with Crippen LogP contribution in [0.5, 0.6) is 11.5 Å². The lowest BCUT2D eigenvalue weighted by atomic mass is 10.0. The number of hydrogen-bond donors (Lipinski definition) is 1. The predicted octanol–water partition coefficient (Wildman–Crippen LogP) is 2.78. The molecule has 0 amide bonds. The fourth-order valence-electron chi connectivity index (χ4n) is 2.11. The van der Waals surface area contributed by atoms with Crippen LogP contribution in [0.2, 0.25) is 0 Å². The van der Waals surface area contributed by atoms with Gasteiger partial charge in [-0.25, -0.2) is 0 Å². The van der Waals surface area contributed by atoms with Gasteiger partial charge in [-0.3, -0.25) is 0 Å². The molecular formula is C15H25NO3. The van der Waals surface area contributed by atoms with Gasteiger partial charge >= 0.3 is 0 Å². The normalized spacial score (nSPS) is 13.9. The van der Waals surface area contributed by atoms with E-state index in [-0.39, 0.29) is 6.04 Å². The Morgan fingerprint density at radius 1 is 1.16 bits per heavy atom. The molecule has 4 nitrogen and oxygen atoms in total. The molecule has 0 aliphatic rings. The van der Waals surface area contributed by atoms with Crippen LogP contribution in [0.15, 0.2) is 18.2 Å². The van der Waals surface area contributed by atoms with Crippen molar-refractivity contribution in [3.8, 4) is 11.5 Å². The Balaban J connectivity index is 2.87. The second-order valence-electron chi connectivity index (χ2n) is 4.56. The molecule has 0 fully saturated rings. The zero-order chi connectivity index (χ0) is 14.3. The molecule has 19 heavy (non-hydrogen) atoms. The smallest absolute Gasteiger partial charge is 0.123 e. The second kappa shape index (κ2) is 8.02. The van der Waals surface area contributed by atoms with Crippen LogP contribution in [0, 0.1) is 0 Å². The van der Waals surface area contributed by atoms with Gasteiger partial charge in [0, 0.05) is 24.8 Å². The lowest BCUT2D eigenvalue weighted by Gasteiger charge is -2.23. The molecule has 4 heteroatoms. The zero-order valence-corrected chi connectivity index (χ0v) is 12.5. The zero-order valence-electron chi connectivity index (χ0n) is 12.5. The minimum absolute atomic E-state index is 0.171. The highest BCUT2D eigenvalue weighted by molar-refractivity contribution is 5.42. The quantitative estimate of drug-likeness (QED) is 0.786. The van der Waals surface area contributed by atoms with Crippen LogP contribution in [0.1, 0.15) is 31.9 Å². The summed E-state index contributed by atoms with van der Waals surface area (Å²) >= 11 is 0. The van der Waals surface area contributed by atoms with E-state index in [0.717, 1.165) is 23.5 Å². The Morgan fingerprint density at radius 2 is 1.89 bits per heavy atom. The third kappa shape index (κ3) is 4.40. The van der Waals surface area contributed by atoms with E-state index in [9.17, 15) is 0 Å². The first kappa shape index (κ1) is 15.8. The van der Waals surface area contributed by atoms with Gasteiger partial charge in [-0.15, -0.1) is 0 Å². The van der Waals surface area contributed by atoms with E-state index in [4.69, 9.17) is 14.2 Å². The molecule has 0 saturated heterocycles. The van der Waals surface area contributed by atoms with Gasteiger partial charge in [0.05, 0.1) is 20.8 Å². The molecule has 0 saturated carbocycles. The van der Waals surface area contributed by atoms with E-state index in [0.29, 0.717) is 12.6 Å². The summed E-state index contributed by atoms with van der Waals surface area (Å²) in [5, 5.41) is 3.55. The van der Waals surface area contributed by atoms with E-state index < -0.39 is 0 Å². The standard InChI is InChI=1S/C15H25NO3/c1-6-12(10-17-3)16-11(2)14-9-13(18-4)7-8-15(14)19-5/h7-9,11-12,16H,6,10H2,1-5H3. The van der Waals surface area contributed by atoms with Crippen LogP contribution >= 0.6 is 0 Å². The molecule has 1 rings (SSSR count). The lowest BCUT2D eigenvalue weighted by Crippen LogP contribution is -2.34. The SMILES string of the molecule is CCC(COC)NC(C)c1cc(OC)ccc1OC. The number of rotatable bonds is 8. The fraction of sp³-hybridized carbons (Fsp3) is 0.600. The molecule has 1 aromatic carbocycles. The minimum Gasteiger partial charge on any atom is -0.497 e. The highest BCUT2D eigenvalue weighted by Gasteiger charge is 2.16. The van der Waals surface area contributed by atoms with Gasteiger partial charge in [-0.2, -0.15) is 0 Å². The first-order valence-corrected chi connectivity index (χ1v) is 6.63. The molecule has 1 N–H and O–H groups in total. The maximum atomic E-state index is 5.41. The van der Waals surface area contributed by atoms with Crippen molar-refractivity contribution in [1.29, 1.82) is 0 Å². The molecule has 0 spiro atoms. The van der Waals surface area contributed by atoms with Gasteiger partial charge in [0.25, 0.3) is 0 Å². The van der Waals surface area contributed by atoms with Crippen molar-refractivity contribution in [2.45, 2.75) is 32.4 Å². The first-order valence-electron chi connectivity index (χ1n) is 6.63. The summed E-state index contributed by atoms with van der Waals surface area (Å²) in [6.07, 6.45) is 1.02. The molecule has 0 bridgehead atoms. The summed E-state index contributed by atoms with van der Waals surface area (Å²) in [5.41, 5.74) is 1.09. The van der Waals surface area contributed by atoms with Gasteiger partial charge < -0.3 is 19.5 Å². The van der Waals surface area contributed by atoms with Crippen LogP contribution in [0.25, 0.3) is 0 Å². The number of benzene rings is 1. The Bertz CT molecular complexity index is 382. The summed E-state index contributed by atoms with van der Waals surface area (Å²) in [6.45, 7) is 4.97. The molecule has 0 radical (unpaired) electrons. The summed E-state index contributed by atoms with van der Waals surface area (Å²) in [4.78, 5) is 0. The Kier molecular flexibility index (Phi) is 6.67. The molecule has 2 atom stereocenters. The van der Waals surface area contributed by atoms with Crippen molar-refractivity contribution in [3.63, 3.8) is 0 Å². The van der Waals surface area contributed by atoms with E-state index in [1.165, 1.54) is 0 Å². The topological polar surface area (TPSA) is 39.7 Å². The maximum Gasteiger partial charge on any atom is 0.123 e. The molecule has 2 unspecified atom stereocenters. The van der Waals surface area contributed by atoms with Gasteiger partial charge in [0.2, 0.25) is 0 Å².